The van der Waals surface area contributed by atoms with Gasteiger partial charge < -0.3 is 5.32 Å². The van der Waals surface area contributed by atoms with Crippen molar-refractivity contribution in [3.05, 3.63) is 31.9 Å². The summed E-state index contributed by atoms with van der Waals surface area (Å²) >= 11 is 0. The van der Waals surface area contributed by atoms with Crippen LogP contribution in [0.15, 0.2) is 25.3 Å². The molecule has 0 aromatic rings. The van der Waals surface area contributed by atoms with E-state index in [1.165, 1.54) is 12.6 Å². The molecule has 0 aliphatic heterocycles. The second kappa shape index (κ2) is 5.09. The third-order valence-corrected chi connectivity index (χ3v) is 0.692. The first-order valence-electron chi connectivity index (χ1n) is 2.65. The van der Waals surface area contributed by atoms with E-state index in [4.69, 9.17) is 0 Å². The molecule has 0 unspecified atom stereocenters. The summed E-state index contributed by atoms with van der Waals surface area (Å²) in [5.41, 5.74) is 0. The van der Waals surface area contributed by atoms with E-state index in [-0.39, 0.29) is 5.91 Å². The minimum atomic E-state index is -0.0649. The Bertz CT molecular complexity index is 118. The highest BCUT2D eigenvalue weighted by molar-refractivity contribution is 5.78. The van der Waals surface area contributed by atoms with Crippen LogP contribution in [0.25, 0.3) is 0 Å². The average molecular weight is 124 g/mol. The van der Waals surface area contributed by atoms with E-state index < -0.39 is 0 Å². The van der Waals surface area contributed by atoms with Gasteiger partial charge in [0.05, 0.1) is 6.54 Å². The maximum atomic E-state index is 10.5. The topological polar surface area (TPSA) is 29.1 Å². The van der Waals surface area contributed by atoms with Crippen LogP contribution in [0.2, 0.25) is 0 Å². The molecule has 0 heterocycles. The molecule has 2 heteroatoms. The molecule has 1 amide bonds. The SMILES string of the molecule is C=C[CH]NC(=O)CC=C. The normalized spacial score (nSPS) is 8.00. The van der Waals surface area contributed by atoms with E-state index in [1.54, 1.807) is 6.08 Å². The van der Waals surface area contributed by atoms with Crippen LogP contribution in [0, 0.1) is 6.54 Å². The quantitative estimate of drug-likeness (QED) is 0.557. The standard InChI is InChI=1S/C7H10NO/c1-3-5-7(9)8-6-4-2/h3-4,6H,1-2,5H2,(H,8,9). The highest BCUT2D eigenvalue weighted by atomic mass is 16.1. The van der Waals surface area contributed by atoms with E-state index >= 15 is 0 Å². The van der Waals surface area contributed by atoms with Gasteiger partial charge in [-0.3, -0.25) is 4.79 Å². The largest absolute Gasteiger partial charge is 0.347 e. The Labute approximate surface area is 55.3 Å². The molecule has 0 spiro atoms. The highest BCUT2D eigenvalue weighted by Gasteiger charge is 1.91. The summed E-state index contributed by atoms with van der Waals surface area (Å²) in [6, 6.07) is 0. The Morgan fingerprint density at radius 3 is 2.67 bits per heavy atom. The van der Waals surface area contributed by atoms with Gasteiger partial charge in [0.25, 0.3) is 0 Å². The highest BCUT2D eigenvalue weighted by Crippen LogP contribution is 1.79. The lowest BCUT2D eigenvalue weighted by Crippen LogP contribution is -2.17. The lowest BCUT2D eigenvalue weighted by atomic mass is 10.4. The zero-order valence-electron chi connectivity index (χ0n) is 5.26. The molecule has 0 saturated carbocycles. The van der Waals surface area contributed by atoms with Gasteiger partial charge >= 0.3 is 0 Å². The Morgan fingerprint density at radius 1 is 1.56 bits per heavy atom. The summed E-state index contributed by atoms with van der Waals surface area (Å²) in [7, 11) is 0. The summed E-state index contributed by atoms with van der Waals surface area (Å²) < 4.78 is 0. The maximum Gasteiger partial charge on any atom is 0.224 e. The van der Waals surface area contributed by atoms with E-state index in [0.717, 1.165) is 0 Å². The number of hydrogen-bond acceptors (Lipinski definition) is 1. The van der Waals surface area contributed by atoms with Crippen molar-refractivity contribution in [2.24, 2.45) is 0 Å². The summed E-state index contributed by atoms with van der Waals surface area (Å²) in [5, 5.41) is 2.48. The number of amides is 1. The number of rotatable bonds is 4. The fourth-order valence-electron chi connectivity index (χ4n) is 0.342. The third kappa shape index (κ3) is 4.81. The van der Waals surface area contributed by atoms with E-state index in [1.807, 2.05) is 0 Å². The average Bonchev–Trinajstić information content (AvgIpc) is 1.85. The van der Waals surface area contributed by atoms with Crippen LogP contribution >= 0.6 is 0 Å². The van der Waals surface area contributed by atoms with Gasteiger partial charge in [0.2, 0.25) is 5.91 Å². The monoisotopic (exact) mass is 124 g/mol. The number of nitrogens with one attached hydrogen (secondary N) is 1. The Hall–Kier alpha value is -1.05. The molecule has 0 saturated heterocycles. The van der Waals surface area contributed by atoms with Crippen molar-refractivity contribution in [3.63, 3.8) is 0 Å². The summed E-state index contributed by atoms with van der Waals surface area (Å²) in [6.45, 7) is 8.30. The molecule has 0 rings (SSSR count). The van der Waals surface area contributed by atoms with Gasteiger partial charge in [-0.1, -0.05) is 12.2 Å². The van der Waals surface area contributed by atoms with Crippen molar-refractivity contribution < 1.29 is 4.79 Å². The zero-order valence-corrected chi connectivity index (χ0v) is 5.26. The maximum absolute atomic E-state index is 10.5. The lowest BCUT2D eigenvalue weighted by molar-refractivity contribution is -0.119. The molecule has 0 aliphatic carbocycles. The van der Waals surface area contributed by atoms with Gasteiger partial charge in [0, 0.05) is 6.42 Å². The van der Waals surface area contributed by atoms with E-state index in [9.17, 15) is 4.79 Å². The van der Waals surface area contributed by atoms with Gasteiger partial charge in [-0.25, -0.2) is 0 Å². The van der Waals surface area contributed by atoms with Crippen LogP contribution < -0.4 is 5.32 Å². The summed E-state index contributed by atoms with van der Waals surface area (Å²) in [6.07, 6.45) is 3.41. The molecule has 2 nitrogen and oxygen atoms in total. The number of carbonyl (C=O) groups excluding carboxylic acids is 1. The Balaban J connectivity index is 3.26. The van der Waals surface area contributed by atoms with Crippen molar-refractivity contribution in [3.8, 4) is 0 Å². The minimum absolute atomic E-state index is 0.0649. The van der Waals surface area contributed by atoms with Crippen molar-refractivity contribution in [2.75, 3.05) is 0 Å². The van der Waals surface area contributed by atoms with Crippen molar-refractivity contribution >= 4 is 5.91 Å². The molecule has 0 fully saturated rings. The minimum Gasteiger partial charge on any atom is -0.347 e. The van der Waals surface area contributed by atoms with Crippen LogP contribution in [0.3, 0.4) is 0 Å². The molecule has 0 bridgehead atoms. The lowest BCUT2D eigenvalue weighted by Gasteiger charge is -1.94. The molecular formula is C7H10NO. The van der Waals surface area contributed by atoms with E-state index in [0.29, 0.717) is 6.42 Å². The third-order valence-electron chi connectivity index (χ3n) is 0.692. The smallest absolute Gasteiger partial charge is 0.224 e. The molecule has 49 valence electrons. The van der Waals surface area contributed by atoms with Crippen molar-refractivity contribution in [2.45, 2.75) is 6.42 Å². The van der Waals surface area contributed by atoms with Gasteiger partial charge in [-0.05, 0) is 0 Å². The summed E-state index contributed by atoms with van der Waals surface area (Å²) in [5.74, 6) is -0.0649. The molecule has 0 aromatic carbocycles. The van der Waals surface area contributed by atoms with Crippen LogP contribution in [0.4, 0.5) is 0 Å². The first-order valence-corrected chi connectivity index (χ1v) is 2.65. The van der Waals surface area contributed by atoms with Gasteiger partial charge in [-0.2, -0.15) is 0 Å². The second-order valence-corrected chi connectivity index (χ2v) is 1.46. The van der Waals surface area contributed by atoms with Crippen molar-refractivity contribution in [1.29, 1.82) is 0 Å². The Morgan fingerprint density at radius 2 is 2.22 bits per heavy atom. The molecular weight excluding hydrogens is 114 g/mol. The molecule has 1 radical (unpaired) electrons. The Kier molecular flexibility index (Phi) is 4.50. The zero-order chi connectivity index (χ0) is 7.11. The first-order chi connectivity index (χ1) is 4.31. The van der Waals surface area contributed by atoms with Gasteiger partial charge in [0.15, 0.2) is 0 Å². The van der Waals surface area contributed by atoms with Crippen molar-refractivity contribution in [1.82, 2.24) is 5.32 Å². The van der Waals surface area contributed by atoms with Gasteiger partial charge in [0.1, 0.15) is 0 Å². The first kappa shape index (κ1) is 7.95. The summed E-state index contributed by atoms with van der Waals surface area (Å²) in [4.78, 5) is 10.5. The van der Waals surface area contributed by atoms with Crippen LogP contribution in [0.5, 0.6) is 0 Å². The van der Waals surface area contributed by atoms with Crippen LogP contribution in [-0.4, -0.2) is 5.91 Å². The molecule has 0 aromatic heterocycles. The number of carbonyl (C=O) groups is 1. The molecule has 0 atom stereocenters. The predicted molar refractivity (Wildman–Crippen MR) is 37.5 cm³/mol. The van der Waals surface area contributed by atoms with Gasteiger partial charge in [-0.15, -0.1) is 13.2 Å². The second-order valence-electron chi connectivity index (χ2n) is 1.46. The molecule has 1 N–H and O–H groups in total. The molecule has 0 aliphatic rings. The van der Waals surface area contributed by atoms with Crippen LogP contribution in [0.1, 0.15) is 6.42 Å². The fourth-order valence-corrected chi connectivity index (χ4v) is 0.342. The molecule has 9 heavy (non-hydrogen) atoms. The predicted octanol–water partition coefficient (Wildman–Crippen LogP) is 1.03. The number of hydrogen-bond donors (Lipinski definition) is 1. The van der Waals surface area contributed by atoms with Crippen LogP contribution in [-0.2, 0) is 4.79 Å². The van der Waals surface area contributed by atoms with E-state index in [2.05, 4.69) is 18.5 Å². The fraction of sp³-hybridized carbons (Fsp3) is 0.143.